The Morgan fingerprint density at radius 3 is 1.78 bits per heavy atom. The van der Waals surface area contributed by atoms with Gasteiger partial charge in [-0.1, -0.05) is 48.5 Å². The van der Waals surface area contributed by atoms with Gasteiger partial charge in [0, 0.05) is 61.1 Å². The van der Waals surface area contributed by atoms with Crippen molar-refractivity contribution in [2.24, 2.45) is 0 Å². The van der Waals surface area contributed by atoms with Crippen LogP contribution in [0.2, 0.25) is 0 Å². The Kier molecular flexibility index (Phi) is 8.76. The fraction of sp³-hybridized carbons (Fsp3) is 0.353. The number of hydrogen-bond donors (Lipinski definition) is 1. The summed E-state index contributed by atoms with van der Waals surface area (Å²) in [4.78, 5) is 4.83. The molecule has 1 N–H and O–H groups in total. The van der Waals surface area contributed by atoms with Gasteiger partial charge in [-0.2, -0.15) is 0 Å². The first-order valence-corrected chi connectivity index (χ1v) is 14.0. The molecule has 194 valence electrons. The molecule has 0 amide bonds. The molecule has 0 bridgehead atoms. The number of nitrogens with one attached hydrogen (secondary N) is 1. The largest absolute Gasteiger partial charge is 0.385 e. The van der Waals surface area contributed by atoms with Crippen molar-refractivity contribution in [3.8, 4) is 0 Å². The number of rotatable bonds is 11. The van der Waals surface area contributed by atoms with Crippen molar-refractivity contribution in [2.45, 2.75) is 47.5 Å². The first-order chi connectivity index (χ1) is 18.1. The fourth-order valence-electron chi connectivity index (χ4n) is 5.68. The van der Waals surface area contributed by atoms with Gasteiger partial charge in [0.15, 0.2) is 0 Å². The number of benzene rings is 4. The molecule has 0 fully saturated rings. The van der Waals surface area contributed by atoms with Crippen molar-refractivity contribution in [1.82, 2.24) is 0 Å². The van der Waals surface area contributed by atoms with Gasteiger partial charge in [0.2, 0.25) is 0 Å². The summed E-state index contributed by atoms with van der Waals surface area (Å²) >= 11 is 0. The number of fused-ring (bicyclic) bond motifs is 1. The third-order valence-electron chi connectivity index (χ3n) is 7.68. The minimum absolute atomic E-state index is 0.150. The molecule has 3 nitrogen and oxygen atoms in total. The lowest BCUT2D eigenvalue weighted by atomic mass is 9.80. The molecule has 0 aliphatic heterocycles. The Balaban J connectivity index is 1.91. The van der Waals surface area contributed by atoms with Crippen LogP contribution >= 0.6 is 0 Å². The first kappa shape index (κ1) is 26.6. The van der Waals surface area contributed by atoms with Crippen LogP contribution in [0.15, 0.2) is 78.9 Å². The quantitative estimate of drug-likeness (QED) is 0.211. The van der Waals surface area contributed by atoms with Gasteiger partial charge >= 0.3 is 0 Å². The van der Waals surface area contributed by atoms with E-state index in [9.17, 15) is 0 Å². The summed E-state index contributed by atoms with van der Waals surface area (Å²) in [7, 11) is 0. The van der Waals surface area contributed by atoms with Crippen LogP contribution in [0.3, 0.4) is 0 Å². The molecule has 0 aliphatic rings. The number of aryl methyl sites for hydroxylation is 1. The fourth-order valence-corrected chi connectivity index (χ4v) is 5.68. The zero-order chi connectivity index (χ0) is 26.4. The number of hydrogen-bond acceptors (Lipinski definition) is 3. The van der Waals surface area contributed by atoms with Crippen LogP contribution in [-0.4, -0.2) is 32.7 Å². The summed E-state index contributed by atoms with van der Waals surface area (Å²) in [5.41, 5.74) is 9.17. The lowest BCUT2D eigenvalue weighted by molar-refractivity contribution is 0.861. The smallest absolute Gasteiger partial charge is 0.0419 e. The van der Waals surface area contributed by atoms with Crippen LogP contribution in [0.5, 0.6) is 0 Å². The Bertz CT molecular complexity index is 1300. The highest BCUT2D eigenvalue weighted by molar-refractivity contribution is 5.97. The van der Waals surface area contributed by atoms with Gasteiger partial charge in [0.25, 0.3) is 0 Å². The molecular formula is C34H43N3. The van der Waals surface area contributed by atoms with E-state index < -0.39 is 0 Å². The average molecular weight is 494 g/mol. The molecule has 3 heteroatoms. The highest BCUT2D eigenvalue weighted by Gasteiger charge is 2.22. The first-order valence-electron chi connectivity index (χ1n) is 14.0. The van der Waals surface area contributed by atoms with Crippen molar-refractivity contribution in [3.05, 3.63) is 101 Å². The molecule has 0 radical (unpaired) electrons. The summed E-state index contributed by atoms with van der Waals surface area (Å²) in [6, 6.07) is 29.7. The second-order valence-electron chi connectivity index (χ2n) is 9.69. The summed E-state index contributed by atoms with van der Waals surface area (Å²) in [6.07, 6.45) is 0. The van der Waals surface area contributed by atoms with Gasteiger partial charge in [-0.25, -0.2) is 0 Å². The van der Waals surface area contributed by atoms with Gasteiger partial charge in [-0.3, -0.25) is 0 Å². The highest BCUT2D eigenvalue weighted by Crippen LogP contribution is 2.40. The summed E-state index contributed by atoms with van der Waals surface area (Å²) < 4.78 is 0. The second-order valence-corrected chi connectivity index (χ2v) is 9.69. The van der Waals surface area contributed by atoms with Gasteiger partial charge in [-0.05, 0) is 99.5 Å². The summed E-state index contributed by atoms with van der Waals surface area (Å²) in [5.74, 6) is 0.150. The minimum Gasteiger partial charge on any atom is -0.385 e. The molecular weight excluding hydrogens is 450 g/mol. The summed E-state index contributed by atoms with van der Waals surface area (Å²) in [5, 5.41) is 6.15. The maximum atomic E-state index is 3.56. The molecule has 0 spiro atoms. The molecule has 1 unspecified atom stereocenters. The zero-order valence-electron chi connectivity index (χ0n) is 23.5. The van der Waals surface area contributed by atoms with E-state index in [0.717, 1.165) is 32.7 Å². The van der Waals surface area contributed by atoms with Gasteiger partial charge < -0.3 is 15.1 Å². The highest BCUT2D eigenvalue weighted by atomic mass is 15.1. The molecule has 0 heterocycles. The number of nitrogens with zero attached hydrogens (tertiary/aromatic N) is 2. The standard InChI is InChI=1S/C34H43N3/c1-7-35-33-23-22-32(30-14-12-13-15-31(30)33)34(26-16-18-27(19-17-26)36(8-2)9-3)29-21-20-28(24-25(29)6)37(10-4)11-5/h12-24,34-35H,7-11H2,1-6H3. The topological polar surface area (TPSA) is 18.5 Å². The molecule has 0 aromatic heterocycles. The molecule has 4 rings (SSSR count). The molecule has 0 saturated heterocycles. The molecule has 0 saturated carbocycles. The Labute approximate surface area is 224 Å². The number of anilines is 3. The Morgan fingerprint density at radius 2 is 1.19 bits per heavy atom. The maximum Gasteiger partial charge on any atom is 0.0419 e. The van der Waals surface area contributed by atoms with Crippen LogP contribution in [0.25, 0.3) is 10.8 Å². The molecule has 1 atom stereocenters. The van der Waals surface area contributed by atoms with Crippen molar-refractivity contribution < 1.29 is 0 Å². The van der Waals surface area contributed by atoms with Crippen LogP contribution < -0.4 is 15.1 Å². The average Bonchev–Trinajstić information content (AvgIpc) is 2.93. The van der Waals surface area contributed by atoms with Gasteiger partial charge in [0.05, 0.1) is 0 Å². The van der Waals surface area contributed by atoms with Crippen LogP contribution in [-0.2, 0) is 0 Å². The SMILES string of the molecule is CCNc1ccc(C(c2ccc(N(CC)CC)cc2)c2ccc(N(CC)CC)cc2C)c2ccccc12. The van der Waals surface area contributed by atoms with Crippen LogP contribution in [0.4, 0.5) is 17.1 Å². The zero-order valence-corrected chi connectivity index (χ0v) is 23.5. The summed E-state index contributed by atoms with van der Waals surface area (Å²) in [6.45, 7) is 18.3. The van der Waals surface area contributed by atoms with Crippen molar-refractivity contribution in [2.75, 3.05) is 47.8 Å². The predicted molar refractivity (Wildman–Crippen MR) is 164 cm³/mol. The molecule has 4 aromatic rings. The normalized spacial score (nSPS) is 11.9. The van der Waals surface area contributed by atoms with E-state index in [-0.39, 0.29) is 5.92 Å². The third-order valence-corrected chi connectivity index (χ3v) is 7.68. The van der Waals surface area contributed by atoms with Crippen molar-refractivity contribution in [1.29, 1.82) is 0 Å². The second kappa shape index (κ2) is 12.2. The van der Waals surface area contributed by atoms with Gasteiger partial charge in [-0.15, -0.1) is 0 Å². The predicted octanol–water partition coefficient (Wildman–Crippen LogP) is 8.45. The van der Waals surface area contributed by atoms with E-state index >= 15 is 0 Å². The van der Waals surface area contributed by atoms with Crippen molar-refractivity contribution >= 4 is 27.8 Å². The van der Waals surface area contributed by atoms with Crippen LogP contribution in [0.1, 0.15) is 62.8 Å². The lowest BCUT2D eigenvalue weighted by Gasteiger charge is -2.27. The van der Waals surface area contributed by atoms with Gasteiger partial charge in [0.1, 0.15) is 0 Å². The van der Waals surface area contributed by atoms with E-state index in [1.807, 2.05) is 0 Å². The Hall–Kier alpha value is -3.46. The molecule has 0 aliphatic carbocycles. The van der Waals surface area contributed by atoms with E-state index in [1.165, 1.54) is 50.1 Å². The lowest BCUT2D eigenvalue weighted by Crippen LogP contribution is -2.22. The molecule has 37 heavy (non-hydrogen) atoms. The third kappa shape index (κ3) is 5.46. The van der Waals surface area contributed by atoms with E-state index in [2.05, 4.69) is 136 Å². The molecule has 4 aromatic carbocycles. The van der Waals surface area contributed by atoms with E-state index in [0.29, 0.717) is 0 Å². The van der Waals surface area contributed by atoms with E-state index in [1.54, 1.807) is 0 Å². The Morgan fingerprint density at radius 1 is 0.622 bits per heavy atom. The minimum atomic E-state index is 0.150. The van der Waals surface area contributed by atoms with E-state index in [4.69, 9.17) is 0 Å². The van der Waals surface area contributed by atoms with Crippen molar-refractivity contribution in [3.63, 3.8) is 0 Å². The van der Waals surface area contributed by atoms with Crippen LogP contribution in [0, 0.1) is 6.92 Å². The monoisotopic (exact) mass is 493 g/mol. The maximum absolute atomic E-state index is 3.56.